The molecule has 0 aliphatic rings. The number of anilines is 3. The van der Waals surface area contributed by atoms with E-state index in [1.807, 2.05) is 39.0 Å². The van der Waals surface area contributed by atoms with Gasteiger partial charge in [-0.05, 0) is 19.1 Å². The Morgan fingerprint density at radius 2 is 1.95 bits per heavy atom. The largest absolute Gasteiger partial charge is 0.497 e. The first-order valence-electron chi connectivity index (χ1n) is 6.66. The van der Waals surface area contributed by atoms with Crippen molar-refractivity contribution in [3.8, 4) is 5.75 Å². The third kappa shape index (κ3) is 3.64. The smallest absolute Gasteiger partial charge is 0.139 e. The van der Waals surface area contributed by atoms with Crippen LogP contribution >= 0.6 is 15.9 Å². The van der Waals surface area contributed by atoms with E-state index in [-0.39, 0.29) is 5.92 Å². The third-order valence-corrected chi connectivity index (χ3v) is 3.54. The van der Waals surface area contributed by atoms with Gasteiger partial charge in [-0.3, -0.25) is 0 Å². The second-order valence-electron chi connectivity index (χ2n) is 5.10. The van der Waals surface area contributed by atoms with Crippen molar-refractivity contribution in [1.29, 1.82) is 0 Å². The molecule has 5 nitrogen and oxygen atoms in total. The summed E-state index contributed by atoms with van der Waals surface area (Å²) in [6.45, 7) is 5.98. The number of benzene rings is 1. The highest BCUT2D eigenvalue weighted by molar-refractivity contribution is 9.10. The fourth-order valence-electron chi connectivity index (χ4n) is 1.82. The van der Waals surface area contributed by atoms with E-state index < -0.39 is 0 Å². The lowest BCUT2D eigenvalue weighted by Crippen LogP contribution is -2.08. The van der Waals surface area contributed by atoms with E-state index >= 15 is 0 Å². The minimum Gasteiger partial charge on any atom is -0.497 e. The van der Waals surface area contributed by atoms with Crippen LogP contribution < -0.4 is 15.8 Å². The lowest BCUT2D eigenvalue weighted by atomic mass is 10.2. The Hall–Kier alpha value is -1.82. The number of nitrogens with zero attached hydrogens (tertiary/aromatic N) is 2. The molecule has 1 aromatic heterocycles. The van der Waals surface area contributed by atoms with Gasteiger partial charge in [0.2, 0.25) is 0 Å². The van der Waals surface area contributed by atoms with Crippen LogP contribution in [0.2, 0.25) is 0 Å². The molecule has 6 heteroatoms. The normalized spacial score (nSPS) is 10.8. The molecule has 0 spiro atoms. The predicted octanol–water partition coefficient (Wildman–Crippen LogP) is 4.01. The molecule has 1 heterocycles. The van der Waals surface area contributed by atoms with Gasteiger partial charge in [-0.2, -0.15) is 0 Å². The first-order chi connectivity index (χ1) is 9.90. The standard InChI is InChI=1S/C15H19BrN4O/c1-8(2)14-19-13(17)9(3)15(20-14)18-11-5-10(16)6-12(7-11)21-4/h5-8H,1-4H3,(H3,17,18,19,20). The van der Waals surface area contributed by atoms with Crippen molar-refractivity contribution < 1.29 is 4.74 Å². The molecule has 3 N–H and O–H groups in total. The number of nitrogens with one attached hydrogen (secondary N) is 1. The lowest BCUT2D eigenvalue weighted by molar-refractivity contribution is 0.415. The van der Waals surface area contributed by atoms with Gasteiger partial charge in [0.25, 0.3) is 0 Å². The molecule has 0 radical (unpaired) electrons. The zero-order chi connectivity index (χ0) is 15.6. The van der Waals surface area contributed by atoms with Crippen LogP contribution in [0.4, 0.5) is 17.3 Å². The van der Waals surface area contributed by atoms with Crippen LogP contribution in [-0.4, -0.2) is 17.1 Å². The van der Waals surface area contributed by atoms with Gasteiger partial charge in [0.1, 0.15) is 23.2 Å². The van der Waals surface area contributed by atoms with Crippen LogP contribution in [0.15, 0.2) is 22.7 Å². The van der Waals surface area contributed by atoms with Crippen LogP contribution in [-0.2, 0) is 0 Å². The predicted molar refractivity (Wildman–Crippen MR) is 89.2 cm³/mol. The molecule has 112 valence electrons. The monoisotopic (exact) mass is 350 g/mol. The highest BCUT2D eigenvalue weighted by Gasteiger charge is 2.12. The van der Waals surface area contributed by atoms with Gasteiger partial charge in [-0.1, -0.05) is 29.8 Å². The molecule has 1 aromatic carbocycles. The Bertz CT molecular complexity index is 658. The highest BCUT2D eigenvalue weighted by atomic mass is 79.9. The Labute approximate surface area is 133 Å². The van der Waals surface area contributed by atoms with Gasteiger partial charge >= 0.3 is 0 Å². The van der Waals surface area contributed by atoms with Crippen molar-refractivity contribution in [2.45, 2.75) is 26.7 Å². The number of hydrogen-bond donors (Lipinski definition) is 2. The topological polar surface area (TPSA) is 73.1 Å². The van der Waals surface area contributed by atoms with E-state index in [1.54, 1.807) is 7.11 Å². The quantitative estimate of drug-likeness (QED) is 0.871. The van der Waals surface area contributed by atoms with Crippen LogP contribution in [0.25, 0.3) is 0 Å². The van der Waals surface area contributed by atoms with Crippen molar-refractivity contribution in [1.82, 2.24) is 9.97 Å². The lowest BCUT2D eigenvalue weighted by Gasteiger charge is -2.14. The number of rotatable bonds is 4. The fourth-order valence-corrected chi connectivity index (χ4v) is 2.29. The maximum atomic E-state index is 5.97. The molecule has 0 fully saturated rings. The molecule has 0 unspecified atom stereocenters. The van der Waals surface area contributed by atoms with Gasteiger partial charge < -0.3 is 15.8 Å². The number of aromatic nitrogens is 2. The van der Waals surface area contributed by atoms with Gasteiger partial charge in [0.05, 0.1) is 7.11 Å². The number of ether oxygens (including phenoxy) is 1. The van der Waals surface area contributed by atoms with Crippen molar-refractivity contribution in [2.24, 2.45) is 0 Å². The van der Waals surface area contributed by atoms with E-state index in [1.165, 1.54) is 0 Å². The number of halogens is 1. The minimum absolute atomic E-state index is 0.213. The van der Waals surface area contributed by atoms with E-state index in [2.05, 4.69) is 31.2 Å². The molecule has 0 saturated heterocycles. The fraction of sp³-hybridized carbons (Fsp3) is 0.333. The molecule has 2 aromatic rings. The van der Waals surface area contributed by atoms with Crippen LogP contribution in [0.1, 0.15) is 31.2 Å². The van der Waals surface area contributed by atoms with E-state index in [0.29, 0.717) is 11.6 Å². The average Bonchev–Trinajstić information content (AvgIpc) is 2.42. The first-order valence-corrected chi connectivity index (χ1v) is 7.45. The van der Waals surface area contributed by atoms with Gasteiger partial charge in [0, 0.05) is 27.7 Å². The molecule has 0 aliphatic carbocycles. The van der Waals surface area contributed by atoms with Gasteiger partial charge in [-0.15, -0.1) is 0 Å². The van der Waals surface area contributed by atoms with E-state index in [0.717, 1.165) is 27.3 Å². The molecule has 0 saturated carbocycles. The van der Waals surface area contributed by atoms with E-state index in [4.69, 9.17) is 10.5 Å². The number of nitrogen functional groups attached to an aromatic ring is 1. The third-order valence-electron chi connectivity index (χ3n) is 3.09. The summed E-state index contributed by atoms with van der Waals surface area (Å²) in [4.78, 5) is 8.87. The number of hydrogen-bond acceptors (Lipinski definition) is 5. The molecule has 0 bridgehead atoms. The molecular formula is C15H19BrN4O. The number of methoxy groups -OCH3 is 1. The zero-order valence-corrected chi connectivity index (χ0v) is 14.2. The minimum atomic E-state index is 0.213. The summed E-state index contributed by atoms with van der Waals surface area (Å²) in [6, 6.07) is 5.75. The molecule has 0 atom stereocenters. The average molecular weight is 351 g/mol. The summed E-state index contributed by atoms with van der Waals surface area (Å²) in [7, 11) is 1.64. The summed E-state index contributed by atoms with van der Waals surface area (Å²) >= 11 is 3.46. The summed E-state index contributed by atoms with van der Waals surface area (Å²) < 4.78 is 6.19. The summed E-state index contributed by atoms with van der Waals surface area (Å²) in [5.41, 5.74) is 7.68. The van der Waals surface area contributed by atoms with Crippen LogP contribution in [0.5, 0.6) is 5.75 Å². The summed E-state index contributed by atoms with van der Waals surface area (Å²) in [6.07, 6.45) is 0. The van der Waals surface area contributed by atoms with Crippen molar-refractivity contribution in [2.75, 3.05) is 18.2 Å². The van der Waals surface area contributed by atoms with Crippen molar-refractivity contribution >= 4 is 33.3 Å². The summed E-state index contributed by atoms with van der Waals surface area (Å²) in [5.74, 6) is 2.91. The van der Waals surface area contributed by atoms with Gasteiger partial charge in [-0.25, -0.2) is 9.97 Å². The first kappa shape index (κ1) is 15.6. The molecule has 0 aliphatic heterocycles. The van der Waals surface area contributed by atoms with Crippen molar-refractivity contribution in [3.63, 3.8) is 0 Å². The van der Waals surface area contributed by atoms with Crippen LogP contribution in [0.3, 0.4) is 0 Å². The zero-order valence-electron chi connectivity index (χ0n) is 12.6. The van der Waals surface area contributed by atoms with E-state index in [9.17, 15) is 0 Å². The molecular weight excluding hydrogens is 332 g/mol. The van der Waals surface area contributed by atoms with Crippen molar-refractivity contribution in [3.05, 3.63) is 34.1 Å². The Balaban J connectivity index is 2.41. The Morgan fingerprint density at radius 1 is 1.24 bits per heavy atom. The van der Waals surface area contributed by atoms with Gasteiger partial charge in [0.15, 0.2) is 0 Å². The molecule has 0 amide bonds. The van der Waals surface area contributed by atoms with Crippen LogP contribution in [0, 0.1) is 6.92 Å². The molecule has 21 heavy (non-hydrogen) atoms. The maximum absolute atomic E-state index is 5.97. The second-order valence-corrected chi connectivity index (χ2v) is 6.02. The molecule has 2 rings (SSSR count). The SMILES string of the molecule is COc1cc(Br)cc(Nc2nc(C(C)C)nc(N)c2C)c1. The Morgan fingerprint density at radius 3 is 2.57 bits per heavy atom. The maximum Gasteiger partial charge on any atom is 0.139 e. The highest BCUT2D eigenvalue weighted by Crippen LogP contribution is 2.29. The Kier molecular flexibility index (Phi) is 4.67. The number of nitrogens with two attached hydrogens (primary N) is 1. The summed E-state index contributed by atoms with van der Waals surface area (Å²) in [5, 5.41) is 3.28. The second kappa shape index (κ2) is 6.30.